The first-order chi connectivity index (χ1) is 15.4. The van der Waals surface area contributed by atoms with Gasteiger partial charge in [0.15, 0.2) is 0 Å². The molecule has 0 aliphatic carbocycles. The minimum Gasteiger partial charge on any atom is -0.497 e. The second kappa shape index (κ2) is 9.35. The minimum atomic E-state index is -0.551. The third kappa shape index (κ3) is 4.72. The van der Waals surface area contributed by atoms with Crippen molar-refractivity contribution in [2.45, 2.75) is 32.7 Å². The molecule has 1 unspecified atom stereocenters. The Morgan fingerprint density at radius 3 is 2.75 bits per heavy atom. The van der Waals surface area contributed by atoms with Crippen LogP contribution in [-0.4, -0.2) is 46.7 Å². The zero-order valence-electron chi connectivity index (χ0n) is 18.2. The molecule has 1 aliphatic rings. The Morgan fingerprint density at radius 2 is 1.97 bits per heavy atom. The van der Waals surface area contributed by atoms with Crippen molar-refractivity contribution in [1.29, 1.82) is 0 Å². The summed E-state index contributed by atoms with van der Waals surface area (Å²) < 4.78 is 5.25. The van der Waals surface area contributed by atoms with E-state index >= 15 is 0 Å². The van der Waals surface area contributed by atoms with Crippen molar-refractivity contribution in [1.82, 2.24) is 15.1 Å². The largest absolute Gasteiger partial charge is 0.497 e. The Morgan fingerprint density at radius 1 is 1.12 bits per heavy atom. The van der Waals surface area contributed by atoms with Crippen LogP contribution in [0.4, 0.5) is 15.6 Å². The van der Waals surface area contributed by atoms with Gasteiger partial charge in [-0.1, -0.05) is 41.2 Å². The van der Waals surface area contributed by atoms with E-state index in [-0.39, 0.29) is 11.9 Å². The van der Waals surface area contributed by atoms with Crippen molar-refractivity contribution in [3.63, 3.8) is 0 Å². The fourth-order valence-corrected chi connectivity index (χ4v) is 4.50. The first-order valence-electron chi connectivity index (χ1n) is 10.4. The quantitative estimate of drug-likeness (QED) is 0.597. The van der Waals surface area contributed by atoms with Crippen LogP contribution in [0.25, 0.3) is 10.6 Å². The molecular formula is C23H25N5O3S. The number of ether oxygens (including phenoxy) is 1. The van der Waals surface area contributed by atoms with Crippen molar-refractivity contribution >= 4 is 34.1 Å². The number of amides is 3. The third-order valence-electron chi connectivity index (χ3n) is 5.41. The van der Waals surface area contributed by atoms with Gasteiger partial charge in [-0.3, -0.25) is 10.1 Å². The maximum atomic E-state index is 12.9. The summed E-state index contributed by atoms with van der Waals surface area (Å²) in [7, 11) is 1.61. The smallest absolute Gasteiger partial charge is 0.322 e. The Bertz CT molecular complexity index is 1150. The highest BCUT2D eigenvalue weighted by molar-refractivity contribution is 7.18. The van der Waals surface area contributed by atoms with Crippen LogP contribution < -0.4 is 15.4 Å². The molecule has 4 rings (SSSR count). The van der Waals surface area contributed by atoms with Gasteiger partial charge in [-0.25, -0.2) is 4.79 Å². The molecule has 1 atom stereocenters. The molecule has 1 aromatic heterocycles. The molecule has 2 N–H and O–H groups in total. The van der Waals surface area contributed by atoms with E-state index in [1.54, 1.807) is 12.0 Å². The van der Waals surface area contributed by atoms with Crippen LogP contribution in [0, 0.1) is 13.8 Å². The number of aryl methyl sites for hydroxylation is 2. The van der Waals surface area contributed by atoms with Crippen molar-refractivity contribution in [2.75, 3.05) is 24.3 Å². The predicted molar refractivity (Wildman–Crippen MR) is 125 cm³/mol. The van der Waals surface area contributed by atoms with Gasteiger partial charge in [0, 0.05) is 17.8 Å². The number of nitrogens with one attached hydrogen (secondary N) is 2. The number of rotatable bonds is 5. The van der Waals surface area contributed by atoms with Gasteiger partial charge < -0.3 is 15.0 Å². The fourth-order valence-electron chi connectivity index (χ4n) is 3.76. The highest BCUT2D eigenvalue weighted by atomic mass is 32.1. The van der Waals surface area contributed by atoms with Gasteiger partial charge in [0.05, 0.1) is 7.11 Å². The van der Waals surface area contributed by atoms with Crippen LogP contribution in [0.15, 0.2) is 42.5 Å². The van der Waals surface area contributed by atoms with Crippen molar-refractivity contribution < 1.29 is 14.3 Å². The number of methoxy groups -OCH3 is 1. The normalized spacial score (nSPS) is 15.5. The van der Waals surface area contributed by atoms with Gasteiger partial charge >= 0.3 is 6.03 Å². The lowest BCUT2D eigenvalue weighted by Crippen LogP contribution is -2.45. The number of hydrogen-bond donors (Lipinski definition) is 2. The summed E-state index contributed by atoms with van der Waals surface area (Å²) in [4.78, 5) is 27.4. The van der Waals surface area contributed by atoms with Crippen LogP contribution in [0.2, 0.25) is 0 Å². The summed E-state index contributed by atoms with van der Waals surface area (Å²) in [6.07, 6.45) is 1.37. The Kier molecular flexibility index (Phi) is 6.36. The van der Waals surface area contributed by atoms with E-state index in [4.69, 9.17) is 4.74 Å². The number of carbonyl (C=O) groups excluding carboxylic acids is 2. The van der Waals surface area contributed by atoms with E-state index < -0.39 is 6.04 Å². The molecule has 166 valence electrons. The van der Waals surface area contributed by atoms with Gasteiger partial charge in [0.1, 0.15) is 16.8 Å². The lowest BCUT2D eigenvalue weighted by molar-refractivity contribution is -0.119. The molecule has 9 heteroatoms. The molecule has 32 heavy (non-hydrogen) atoms. The summed E-state index contributed by atoms with van der Waals surface area (Å²) in [5.74, 6) is 0.464. The molecule has 2 heterocycles. The molecule has 0 bridgehead atoms. The lowest BCUT2D eigenvalue weighted by atomic mass is 10.1. The van der Waals surface area contributed by atoms with Crippen molar-refractivity contribution in [3.05, 3.63) is 53.6 Å². The zero-order chi connectivity index (χ0) is 22.7. The molecule has 0 spiro atoms. The Labute approximate surface area is 190 Å². The van der Waals surface area contributed by atoms with Crippen LogP contribution in [0.3, 0.4) is 0 Å². The topological polar surface area (TPSA) is 96.5 Å². The number of urea groups is 1. The average molecular weight is 452 g/mol. The fraction of sp³-hybridized carbons (Fsp3) is 0.304. The summed E-state index contributed by atoms with van der Waals surface area (Å²) in [5.41, 5.74) is 3.72. The van der Waals surface area contributed by atoms with E-state index in [0.29, 0.717) is 23.1 Å². The maximum Gasteiger partial charge on any atom is 0.322 e. The van der Waals surface area contributed by atoms with Crippen LogP contribution in [-0.2, 0) is 4.79 Å². The summed E-state index contributed by atoms with van der Waals surface area (Å²) in [6.45, 7) is 4.48. The second-order valence-electron chi connectivity index (χ2n) is 7.73. The van der Waals surface area contributed by atoms with Gasteiger partial charge in [-0.05, 0) is 50.5 Å². The van der Waals surface area contributed by atoms with Gasteiger partial charge in [0.2, 0.25) is 11.0 Å². The Balaban J connectivity index is 1.42. The lowest BCUT2D eigenvalue weighted by Gasteiger charge is -2.24. The van der Waals surface area contributed by atoms with Gasteiger partial charge in [0.25, 0.3) is 0 Å². The van der Waals surface area contributed by atoms with Crippen molar-refractivity contribution in [2.24, 2.45) is 0 Å². The van der Waals surface area contributed by atoms with Crippen molar-refractivity contribution in [3.8, 4) is 16.3 Å². The Hall–Kier alpha value is -3.46. The van der Waals surface area contributed by atoms with Crippen LogP contribution in [0.5, 0.6) is 5.75 Å². The second-order valence-corrected chi connectivity index (χ2v) is 8.71. The number of nitrogens with zero attached hydrogens (tertiary/aromatic N) is 3. The molecule has 8 nitrogen and oxygen atoms in total. The van der Waals surface area contributed by atoms with Gasteiger partial charge in [-0.2, -0.15) is 0 Å². The molecule has 1 fully saturated rings. The number of benzene rings is 2. The van der Waals surface area contributed by atoms with E-state index in [1.165, 1.54) is 11.3 Å². The molecule has 0 saturated carbocycles. The highest BCUT2D eigenvalue weighted by Gasteiger charge is 2.34. The standard InChI is InChI=1S/C23H25N5O3S/c1-14-9-10-18(15(2)12-14)24-23(30)28-11-5-8-19(28)20(29)25-22-27-26-21(32-22)16-6-4-7-17(13-16)31-3/h4,6-7,9-10,12-13,19H,5,8,11H2,1-3H3,(H,24,30)(H,25,27,29). The molecule has 3 aromatic rings. The van der Waals surface area contributed by atoms with E-state index in [0.717, 1.165) is 34.5 Å². The molecule has 0 radical (unpaired) electrons. The third-order valence-corrected chi connectivity index (χ3v) is 6.30. The predicted octanol–water partition coefficient (Wildman–Crippen LogP) is 4.47. The molecule has 1 saturated heterocycles. The first kappa shape index (κ1) is 21.8. The number of anilines is 2. The number of hydrogen-bond acceptors (Lipinski definition) is 6. The zero-order valence-corrected chi connectivity index (χ0v) is 19.0. The van der Waals surface area contributed by atoms with Crippen LogP contribution >= 0.6 is 11.3 Å². The first-order valence-corrected chi connectivity index (χ1v) is 11.2. The number of likely N-dealkylation sites (tertiary alicyclic amines) is 1. The molecule has 2 aromatic carbocycles. The average Bonchev–Trinajstić information content (AvgIpc) is 3.45. The molecule has 1 aliphatic heterocycles. The number of aromatic nitrogens is 2. The molecule has 3 amide bonds. The van der Waals surface area contributed by atoms with Gasteiger partial charge in [-0.15, -0.1) is 10.2 Å². The SMILES string of the molecule is COc1cccc(-c2nnc(NC(=O)C3CCCN3C(=O)Nc3ccc(C)cc3C)s2)c1. The summed E-state index contributed by atoms with van der Waals surface area (Å²) in [5, 5.41) is 15.1. The minimum absolute atomic E-state index is 0.258. The molecular weight excluding hydrogens is 426 g/mol. The summed E-state index contributed by atoms with van der Waals surface area (Å²) >= 11 is 1.28. The number of carbonyl (C=O) groups is 2. The summed E-state index contributed by atoms with van der Waals surface area (Å²) in [6, 6.07) is 12.5. The monoisotopic (exact) mass is 451 g/mol. The van der Waals surface area contributed by atoms with E-state index in [9.17, 15) is 9.59 Å². The highest BCUT2D eigenvalue weighted by Crippen LogP contribution is 2.29. The maximum absolute atomic E-state index is 12.9. The van der Waals surface area contributed by atoms with Crippen LogP contribution in [0.1, 0.15) is 24.0 Å². The van der Waals surface area contributed by atoms with E-state index in [1.807, 2.05) is 56.3 Å². The van der Waals surface area contributed by atoms with E-state index in [2.05, 4.69) is 20.8 Å².